The highest BCUT2D eigenvalue weighted by molar-refractivity contribution is 6.05. The minimum Gasteiger partial charge on any atom is -0.398 e. The third kappa shape index (κ3) is 3.00. The zero-order valence-corrected chi connectivity index (χ0v) is 11.7. The van der Waals surface area contributed by atoms with E-state index < -0.39 is 4.92 Å². The van der Waals surface area contributed by atoms with Crippen LogP contribution < -0.4 is 11.1 Å². The van der Waals surface area contributed by atoms with Gasteiger partial charge in [0.05, 0.1) is 16.2 Å². The predicted octanol–water partition coefficient (Wildman–Crippen LogP) is 3.05. The Morgan fingerprint density at radius 2 is 1.95 bits per heavy atom. The van der Waals surface area contributed by atoms with Crippen LogP contribution in [0.2, 0.25) is 0 Å². The minimum absolute atomic E-state index is 0.0313. The van der Waals surface area contributed by atoms with Crippen LogP contribution in [0.3, 0.4) is 0 Å². The molecule has 0 spiro atoms. The zero-order valence-electron chi connectivity index (χ0n) is 11.7. The van der Waals surface area contributed by atoms with Crippen LogP contribution in [-0.2, 0) is 0 Å². The lowest BCUT2D eigenvalue weighted by Gasteiger charge is -2.09. The highest BCUT2D eigenvalue weighted by atomic mass is 16.6. The third-order valence-electron chi connectivity index (χ3n) is 3.29. The van der Waals surface area contributed by atoms with Crippen LogP contribution in [0.5, 0.6) is 0 Å². The molecule has 0 aliphatic carbocycles. The van der Waals surface area contributed by atoms with E-state index in [0.717, 1.165) is 5.56 Å². The molecule has 0 radical (unpaired) electrons. The number of aryl methyl sites for hydroxylation is 1. The maximum Gasteiger partial charge on any atom is 0.274 e. The molecule has 0 bridgehead atoms. The average molecular weight is 285 g/mol. The van der Waals surface area contributed by atoms with Gasteiger partial charge in [-0.15, -0.1) is 0 Å². The van der Waals surface area contributed by atoms with Crippen molar-refractivity contribution in [3.8, 4) is 0 Å². The number of nitrogen functional groups attached to an aromatic ring is 1. The molecule has 1 amide bonds. The summed E-state index contributed by atoms with van der Waals surface area (Å²) in [6, 6.07) is 9.55. The second-order valence-electron chi connectivity index (χ2n) is 4.73. The van der Waals surface area contributed by atoms with Crippen molar-refractivity contribution in [3.05, 3.63) is 63.2 Å². The topological polar surface area (TPSA) is 98.3 Å². The lowest BCUT2D eigenvalue weighted by atomic mass is 10.1. The van der Waals surface area contributed by atoms with Gasteiger partial charge in [0.25, 0.3) is 11.6 Å². The van der Waals surface area contributed by atoms with Crippen LogP contribution in [0.25, 0.3) is 0 Å². The van der Waals surface area contributed by atoms with Crippen LogP contribution >= 0.6 is 0 Å². The number of nitrogens with two attached hydrogens (primary N) is 1. The summed E-state index contributed by atoms with van der Waals surface area (Å²) in [6.07, 6.45) is 0. The molecule has 6 heteroatoms. The van der Waals surface area contributed by atoms with E-state index >= 15 is 0 Å². The molecular formula is C15H15N3O3. The highest BCUT2D eigenvalue weighted by Gasteiger charge is 2.15. The molecule has 0 atom stereocenters. The molecule has 2 aromatic rings. The minimum atomic E-state index is -0.477. The van der Waals surface area contributed by atoms with Gasteiger partial charge >= 0.3 is 0 Å². The van der Waals surface area contributed by atoms with Crippen molar-refractivity contribution in [2.75, 3.05) is 11.1 Å². The first-order valence-corrected chi connectivity index (χ1v) is 6.31. The van der Waals surface area contributed by atoms with E-state index in [2.05, 4.69) is 5.32 Å². The van der Waals surface area contributed by atoms with Crippen molar-refractivity contribution in [3.63, 3.8) is 0 Å². The molecule has 0 unspecified atom stereocenters. The van der Waals surface area contributed by atoms with Gasteiger partial charge < -0.3 is 11.1 Å². The molecule has 0 saturated heterocycles. The molecule has 0 heterocycles. The van der Waals surface area contributed by atoms with Crippen LogP contribution in [0.4, 0.5) is 17.1 Å². The Bertz CT molecular complexity index is 726. The normalized spacial score (nSPS) is 10.2. The number of amides is 1. The number of nitrogens with zero attached hydrogens (tertiary/aromatic N) is 1. The monoisotopic (exact) mass is 285 g/mol. The Balaban J connectivity index is 2.29. The Labute approximate surface area is 121 Å². The summed E-state index contributed by atoms with van der Waals surface area (Å²) in [5, 5.41) is 13.6. The van der Waals surface area contributed by atoms with Gasteiger partial charge in [0.1, 0.15) is 0 Å². The van der Waals surface area contributed by atoms with Gasteiger partial charge in [-0.3, -0.25) is 14.9 Å². The molecule has 0 aromatic heterocycles. The van der Waals surface area contributed by atoms with Gasteiger partial charge in [-0.25, -0.2) is 0 Å². The number of nitrogens with one attached hydrogen (secondary N) is 1. The molecule has 3 N–H and O–H groups in total. The summed E-state index contributed by atoms with van der Waals surface area (Å²) in [5.41, 5.74) is 8.39. The summed E-state index contributed by atoms with van der Waals surface area (Å²) in [6.45, 7) is 3.44. The Morgan fingerprint density at radius 3 is 2.57 bits per heavy atom. The zero-order chi connectivity index (χ0) is 15.6. The second-order valence-corrected chi connectivity index (χ2v) is 4.73. The third-order valence-corrected chi connectivity index (χ3v) is 3.29. The summed E-state index contributed by atoms with van der Waals surface area (Å²) >= 11 is 0. The van der Waals surface area contributed by atoms with Crippen molar-refractivity contribution >= 4 is 23.0 Å². The summed E-state index contributed by atoms with van der Waals surface area (Å²) in [4.78, 5) is 22.6. The molecule has 0 saturated carbocycles. The molecule has 21 heavy (non-hydrogen) atoms. The maximum absolute atomic E-state index is 12.2. The first kappa shape index (κ1) is 14.5. The molecule has 2 rings (SSSR count). The van der Waals surface area contributed by atoms with Crippen LogP contribution in [-0.4, -0.2) is 10.8 Å². The van der Waals surface area contributed by atoms with Crippen LogP contribution in [0, 0.1) is 24.0 Å². The largest absolute Gasteiger partial charge is 0.398 e. The van der Waals surface area contributed by atoms with Crippen molar-refractivity contribution < 1.29 is 9.72 Å². The summed E-state index contributed by atoms with van der Waals surface area (Å²) in [7, 11) is 0. The highest BCUT2D eigenvalue weighted by Crippen LogP contribution is 2.25. The molecule has 6 nitrogen and oxygen atoms in total. The Morgan fingerprint density at radius 1 is 1.24 bits per heavy atom. The quantitative estimate of drug-likeness (QED) is 0.514. The molecule has 108 valence electrons. The fourth-order valence-electron chi connectivity index (χ4n) is 1.93. The summed E-state index contributed by atoms with van der Waals surface area (Å²) < 4.78 is 0. The van der Waals surface area contributed by atoms with Crippen LogP contribution in [0.1, 0.15) is 21.5 Å². The molecule has 0 fully saturated rings. The van der Waals surface area contributed by atoms with Crippen LogP contribution in [0.15, 0.2) is 36.4 Å². The fourth-order valence-corrected chi connectivity index (χ4v) is 1.93. The number of anilines is 2. The van der Waals surface area contributed by atoms with E-state index in [1.807, 2.05) is 6.92 Å². The van der Waals surface area contributed by atoms with E-state index in [-0.39, 0.29) is 11.6 Å². The predicted molar refractivity (Wildman–Crippen MR) is 81.4 cm³/mol. The van der Waals surface area contributed by atoms with E-state index in [0.29, 0.717) is 22.5 Å². The van der Waals surface area contributed by atoms with Crippen molar-refractivity contribution in [1.29, 1.82) is 0 Å². The number of carbonyl (C=O) groups excluding carboxylic acids is 1. The van der Waals surface area contributed by atoms with E-state index in [1.54, 1.807) is 31.2 Å². The Hall–Kier alpha value is -2.89. The number of nitro benzene ring substituents is 1. The number of benzene rings is 2. The molecule has 2 aromatic carbocycles. The van der Waals surface area contributed by atoms with Gasteiger partial charge in [0, 0.05) is 17.3 Å². The smallest absolute Gasteiger partial charge is 0.274 e. The van der Waals surface area contributed by atoms with Gasteiger partial charge in [-0.05, 0) is 37.6 Å². The number of carbonyl (C=O) groups is 1. The standard InChI is InChI=1S/C15H15N3O3/c1-9-6-7-11(8-12(9)16)15(19)17-13-4-3-5-14(10(13)2)18(20)21/h3-8H,16H2,1-2H3,(H,17,19). The SMILES string of the molecule is Cc1ccc(C(=O)Nc2cccc([N+](=O)[O-])c2C)cc1N. The van der Waals surface area contributed by atoms with Crippen molar-refractivity contribution in [1.82, 2.24) is 0 Å². The van der Waals surface area contributed by atoms with Gasteiger partial charge in [-0.2, -0.15) is 0 Å². The van der Waals surface area contributed by atoms with Gasteiger partial charge in [0.15, 0.2) is 0 Å². The molecule has 0 aliphatic heterocycles. The van der Waals surface area contributed by atoms with Crippen molar-refractivity contribution in [2.45, 2.75) is 13.8 Å². The number of hydrogen-bond donors (Lipinski definition) is 2. The lowest BCUT2D eigenvalue weighted by molar-refractivity contribution is -0.385. The second kappa shape index (κ2) is 5.62. The molecular weight excluding hydrogens is 270 g/mol. The number of hydrogen-bond acceptors (Lipinski definition) is 4. The van der Waals surface area contributed by atoms with Crippen molar-refractivity contribution in [2.24, 2.45) is 0 Å². The first-order valence-electron chi connectivity index (χ1n) is 6.31. The first-order chi connectivity index (χ1) is 9.90. The Kier molecular flexibility index (Phi) is 3.89. The number of nitro groups is 1. The maximum atomic E-state index is 12.2. The number of rotatable bonds is 3. The fraction of sp³-hybridized carbons (Fsp3) is 0.133. The van der Waals surface area contributed by atoms with E-state index in [4.69, 9.17) is 5.73 Å². The van der Waals surface area contributed by atoms with Gasteiger partial charge in [-0.1, -0.05) is 12.1 Å². The lowest BCUT2D eigenvalue weighted by Crippen LogP contribution is -2.13. The van der Waals surface area contributed by atoms with Gasteiger partial charge in [0.2, 0.25) is 0 Å². The van der Waals surface area contributed by atoms with E-state index in [1.165, 1.54) is 12.1 Å². The summed E-state index contributed by atoms with van der Waals surface area (Å²) in [5.74, 6) is -0.356. The van der Waals surface area contributed by atoms with E-state index in [9.17, 15) is 14.9 Å². The average Bonchev–Trinajstić information content (AvgIpc) is 2.43. The molecule has 0 aliphatic rings.